The summed E-state index contributed by atoms with van der Waals surface area (Å²) in [5.41, 5.74) is 0. The van der Waals surface area contributed by atoms with E-state index in [4.69, 9.17) is 0 Å². The fraction of sp³-hybridized carbons (Fsp3) is 0.500. The van der Waals surface area contributed by atoms with Crippen molar-refractivity contribution in [2.24, 2.45) is 5.92 Å². The molecule has 2 rings (SSSR count). The lowest BCUT2D eigenvalue weighted by molar-refractivity contribution is -0.119. The molecule has 0 saturated carbocycles. The Kier molecular flexibility index (Phi) is 3.11. The van der Waals surface area contributed by atoms with Crippen molar-refractivity contribution >= 4 is 23.5 Å². The van der Waals surface area contributed by atoms with E-state index in [2.05, 4.69) is 4.98 Å². The Morgan fingerprint density at radius 2 is 2.27 bits per heavy atom. The van der Waals surface area contributed by atoms with Crippen LogP contribution in [0.1, 0.15) is 22.6 Å². The van der Waals surface area contributed by atoms with Crippen LogP contribution in [-0.4, -0.2) is 35.2 Å². The van der Waals surface area contributed by atoms with Crippen molar-refractivity contribution < 1.29 is 9.59 Å². The molecule has 0 aliphatic carbocycles. The van der Waals surface area contributed by atoms with Gasteiger partial charge < -0.3 is 4.90 Å². The second-order valence-corrected chi connectivity index (χ2v) is 4.51. The van der Waals surface area contributed by atoms with E-state index in [9.17, 15) is 9.59 Å². The predicted molar refractivity (Wildman–Crippen MR) is 56.8 cm³/mol. The number of rotatable bonds is 3. The van der Waals surface area contributed by atoms with Crippen LogP contribution in [0.5, 0.6) is 0 Å². The average molecular weight is 224 g/mol. The summed E-state index contributed by atoms with van der Waals surface area (Å²) in [4.78, 5) is 28.1. The molecule has 0 atom stereocenters. The molecule has 1 aliphatic rings. The van der Waals surface area contributed by atoms with E-state index < -0.39 is 0 Å². The van der Waals surface area contributed by atoms with E-state index >= 15 is 0 Å². The van der Waals surface area contributed by atoms with Crippen molar-refractivity contribution in [3.8, 4) is 0 Å². The van der Waals surface area contributed by atoms with E-state index in [1.807, 2.05) is 5.38 Å². The normalized spacial score (nSPS) is 17.7. The fourth-order valence-corrected chi connectivity index (χ4v) is 2.44. The highest BCUT2D eigenvalue weighted by molar-refractivity contribution is 7.11. The highest BCUT2D eigenvalue weighted by Gasteiger charge is 2.26. The maximum Gasteiger partial charge on any atom is 0.209 e. The quantitative estimate of drug-likeness (QED) is 0.572. The summed E-state index contributed by atoms with van der Waals surface area (Å²) in [6.07, 6.45) is 4.02. The first-order valence-electron chi connectivity index (χ1n) is 4.94. The number of thiazole rings is 1. The van der Waals surface area contributed by atoms with Crippen LogP contribution in [0.25, 0.3) is 0 Å². The minimum absolute atomic E-state index is 0.0485. The van der Waals surface area contributed by atoms with Crippen LogP contribution >= 0.6 is 11.3 Å². The SMILES string of the molecule is O=CN1CCC(C(=O)c2nccs2)CC1. The molecular formula is C10H12N2O2S. The molecule has 4 nitrogen and oxygen atoms in total. The highest BCUT2D eigenvalue weighted by atomic mass is 32.1. The van der Waals surface area contributed by atoms with Gasteiger partial charge in [0.05, 0.1) is 0 Å². The molecule has 0 radical (unpaired) electrons. The Labute approximate surface area is 91.9 Å². The van der Waals surface area contributed by atoms with Gasteiger partial charge in [0.15, 0.2) is 10.8 Å². The lowest BCUT2D eigenvalue weighted by Crippen LogP contribution is -2.35. The van der Waals surface area contributed by atoms with E-state index in [1.54, 1.807) is 11.1 Å². The summed E-state index contributed by atoms with van der Waals surface area (Å²) >= 11 is 1.39. The molecule has 1 amide bonds. The van der Waals surface area contributed by atoms with Gasteiger partial charge in [-0.2, -0.15) is 0 Å². The molecule has 1 aromatic heterocycles. The van der Waals surface area contributed by atoms with Gasteiger partial charge in [0.25, 0.3) is 0 Å². The topological polar surface area (TPSA) is 50.3 Å². The Hall–Kier alpha value is -1.23. The number of hydrogen-bond acceptors (Lipinski definition) is 4. The molecule has 0 bridgehead atoms. The number of carbonyl (C=O) groups is 2. The predicted octanol–water partition coefficient (Wildman–Crippen LogP) is 1.19. The van der Waals surface area contributed by atoms with Crippen molar-refractivity contribution in [1.82, 2.24) is 9.88 Å². The summed E-state index contributed by atoms with van der Waals surface area (Å²) < 4.78 is 0. The molecule has 0 N–H and O–H groups in total. The van der Waals surface area contributed by atoms with E-state index in [0.717, 1.165) is 19.3 Å². The van der Waals surface area contributed by atoms with Gasteiger partial charge in [-0.05, 0) is 12.8 Å². The van der Waals surface area contributed by atoms with Crippen LogP contribution in [0.3, 0.4) is 0 Å². The van der Waals surface area contributed by atoms with Gasteiger partial charge in [-0.1, -0.05) is 0 Å². The van der Waals surface area contributed by atoms with Gasteiger partial charge in [-0.15, -0.1) is 11.3 Å². The minimum Gasteiger partial charge on any atom is -0.345 e. The number of aromatic nitrogens is 1. The zero-order valence-electron chi connectivity index (χ0n) is 8.26. The first kappa shape index (κ1) is 10.3. The third-order valence-corrected chi connectivity index (χ3v) is 3.48. The first-order valence-corrected chi connectivity index (χ1v) is 5.82. The Morgan fingerprint density at radius 1 is 1.53 bits per heavy atom. The summed E-state index contributed by atoms with van der Waals surface area (Å²) in [7, 11) is 0. The lowest BCUT2D eigenvalue weighted by Gasteiger charge is -2.27. The number of ketones is 1. The fourth-order valence-electron chi connectivity index (χ4n) is 1.79. The standard InChI is InChI=1S/C10H12N2O2S/c13-7-12-4-1-8(2-5-12)9(14)10-11-3-6-15-10/h3,6-8H,1-2,4-5H2. The Balaban J connectivity index is 1.96. The van der Waals surface area contributed by atoms with Crippen LogP contribution < -0.4 is 0 Å². The van der Waals surface area contributed by atoms with E-state index in [0.29, 0.717) is 18.1 Å². The Morgan fingerprint density at radius 3 is 2.80 bits per heavy atom. The number of hydrogen-bond donors (Lipinski definition) is 0. The second kappa shape index (κ2) is 4.53. The molecule has 0 spiro atoms. The number of Topliss-reactive ketones (excluding diaryl/α,β-unsaturated/α-hetero) is 1. The molecule has 1 aromatic rings. The molecule has 80 valence electrons. The zero-order chi connectivity index (χ0) is 10.7. The number of nitrogens with zero attached hydrogens (tertiary/aromatic N) is 2. The zero-order valence-corrected chi connectivity index (χ0v) is 9.07. The van der Waals surface area contributed by atoms with Crippen molar-refractivity contribution in [2.45, 2.75) is 12.8 Å². The van der Waals surface area contributed by atoms with Crippen LogP contribution in [0.15, 0.2) is 11.6 Å². The highest BCUT2D eigenvalue weighted by Crippen LogP contribution is 2.21. The number of carbonyl (C=O) groups excluding carboxylic acids is 2. The molecule has 0 unspecified atom stereocenters. The van der Waals surface area contributed by atoms with Crippen molar-refractivity contribution in [1.29, 1.82) is 0 Å². The maximum absolute atomic E-state index is 11.9. The van der Waals surface area contributed by atoms with Gasteiger partial charge in [-0.3, -0.25) is 9.59 Å². The van der Waals surface area contributed by atoms with Crippen molar-refractivity contribution in [3.63, 3.8) is 0 Å². The van der Waals surface area contributed by atoms with Gasteiger partial charge >= 0.3 is 0 Å². The third kappa shape index (κ3) is 2.23. The van der Waals surface area contributed by atoms with Crippen LogP contribution in [0.2, 0.25) is 0 Å². The molecule has 0 aromatic carbocycles. The molecule has 1 saturated heterocycles. The summed E-state index contributed by atoms with van der Waals surface area (Å²) in [5.74, 6) is 0.183. The molecule has 2 heterocycles. The van der Waals surface area contributed by atoms with Gasteiger partial charge in [0.2, 0.25) is 6.41 Å². The molecule has 5 heteroatoms. The van der Waals surface area contributed by atoms with E-state index in [-0.39, 0.29) is 11.7 Å². The molecule has 1 aliphatic heterocycles. The summed E-state index contributed by atoms with van der Waals surface area (Å²) in [5, 5.41) is 2.41. The molecule has 1 fully saturated rings. The summed E-state index contributed by atoms with van der Waals surface area (Å²) in [6, 6.07) is 0. The van der Waals surface area contributed by atoms with Gasteiger partial charge in [0, 0.05) is 30.6 Å². The van der Waals surface area contributed by atoms with Crippen molar-refractivity contribution in [3.05, 3.63) is 16.6 Å². The largest absolute Gasteiger partial charge is 0.345 e. The van der Waals surface area contributed by atoms with Crippen LogP contribution in [-0.2, 0) is 4.79 Å². The van der Waals surface area contributed by atoms with Crippen molar-refractivity contribution in [2.75, 3.05) is 13.1 Å². The smallest absolute Gasteiger partial charge is 0.209 e. The first-order chi connectivity index (χ1) is 7.31. The monoisotopic (exact) mass is 224 g/mol. The van der Waals surface area contributed by atoms with Crippen LogP contribution in [0, 0.1) is 5.92 Å². The van der Waals surface area contributed by atoms with Gasteiger partial charge in [0.1, 0.15) is 0 Å². The summed E-state index contributed by atoms with van der Waals surface area (Å²) in [6.45, 7) is 1.37. The molecular weight excluding hydrogens is 212 g/mol. The molecule has 15 heavy (non-hydrogen) atoms. The number of likely N-dealkylation sites (tertiary alicyclic amines) is 1. The van der Waals surface area contributed by atoms with Crippen LogP contribution in [0.4, 0.5) is 0 Å². The number of piperidine rings is 1. The maximum atomic E-state index is 11.9. The van der Waals surface area contributed by atoms with E-state index in [1.165, 1.54) is 11.3 Å². The lowest BCUT2D eigenvalue weighted by atomic mass is 9.93. The average Bonchev–Trinajstić information content (AvgIpc) is 2.82. The third-order valence-electron chi connectivity index (χ3n) is 2.69. The minimum atomic E-state index is 0.0485. The number of amides is 1. The van der Waals surface area contributed by atoms with Gasteiger partial charge in [-0.25, -0.2) is 4.98 Å². The second-order valence-electron chi connectivity index (χ2n) is 3.62. The Bertz CT molecular complexity index is 342.